The van der Waals surface area contributed by atoms with Gasteiger partial charge < -0.3 is 5.32 Å². The molecular weight excluding hydrogens is 309 g/mol. The molecule has 0 bridgehead atoms. The molecule has 122 valence electrons. The van der Waals surface area contributed by atoms with Crippen LogP contribution in [0, 0.1) is 15.9 Å². The minimum Gasteiger partial charge on any atom is -0.381 e. The zero-order valence-electron chi connectivity index (χ0n) is 12.7. The highest BCUT2D eigenvalue weighted by molar-refractivity contribution is 7.85. The van der Waals surface area contributed by atoms with Crippen LogP contribution in [0.25, 0.3) is 0 Å². The summed E-state index contributed by atoms with van der Waals surface area (Å²) in [6, 6.07) is 3.58. The van der Waals surface area contributed by atoms with Gasteiger partial charge in [0.25, 0.3) is 5.69 Å². The molecule has 2 rings (SSSR count). The number of hydrogen-bond donors (Lipinski definition) is 1. The summed E-state index contributed by atoms with van der Waals surface area (Å²) in [6.07, 6.45) is 0. The lowest BCUT2D eigenvalue weighted by atomic mass is 10.0. The number of nitro benzene ring substituents is 1. The Hall–Kier alpha value is -1.54. The van der Waals surface area contributed by atoms with Crippen LogP contribution in [0.5, 0.6) is 0 Å². The Morgan fingerprint density at radius 3 is 2.59 bits per heavy atom. The minimum absolute atomic E-state index is 0.223. The Balaban J connectivity index is 1.99. The topological polar surface area (TPSA) is 75.5 Å². The molecule has 8 heteroatoms. The second kappa shape index (κ2) is 6.70. The van der Waals surface area contributed by atoms with Gasteiger partial charge in [-0.3, -0.25) is 19.2 Å². The Morgan fingerprint density at radius 2 is 2.05 bits per heavy atom. The van der Waals surface area contributed by atoms with Gasteiger partial charge in [0, 0.05) is 53.5 Å². The average molecular weight is 329 g/mol. The first-order valence-corrected chi connectivity index (χ1v) is 8.56. The second-order valence-electron chi connectivity index (χ2n) is 5.92. The van der Waals surface area contributed by atoms with Gasteiger partial charge in [-0.05, 0) is 19.9 Å². The predicted molar refractivity (Wildman–Crippen MR) is 85.1 cm³/mol. The van der Waals surface area contributed by atoms with Crippen molar-refractivity contribution in [2.24, 2.45) is 0 Å². The molecule has 0 saturated carbocycles. The smallest absolute Gasteiger partial charge is 0.272 e. The molecule has 1 aromatic carbocycles. The molecule has 0 spiro atoms. The molecule has 1 aromatic rings. The number of nitro groups is 1. The van der Waals surface area contributed by atoms with Crippen LogP contribution in [0.4, 0.5) is 15.8 Å². The summed E-state index contributed by atoms with van der Waals surface area (Å²) < 4.78 is 25.3. The van der Waals surface area contributed by atoms with Crippen molar-refractivity contribution in [1.82, 2.24) is 4.90 Å². The number of anilines is 1. The molecule has 22 heavy (non-hydrogen) atoms. The summed E-state index contributed by atoms with van der Waals surface area (Å²) in [5.74, 6) is 0.690. The molecule has 1 N–H and O–H groups in total. The number of halogens is 1. The van der Waals surface area contributed by atoms with Crippen molar-refractivity contribution in [3.8, 4) is 0 Å². The molecule has 0 radical (unpaired) electrons. The molecule has 0 aromatic heterocycles. The summed E-state index contributed by atoms with van der Waals surface area (Å²) in [5, 5.41) is 13.6. The van der Waals surface area contributed by atoms with Crippen LogP contribution in [0.15, 0.2) is 18.2 Å². The van der Waals surface area contributed by atoms with Gasteiger partial charge in [0.1, 0.15) is 0 Å². The SMILES string of the molecule is CC(C)(CNc1ccc([N+](=O)[O-])cc1F)N1CCS(=O)CC1. The Kier molecular flexibility index (Phi) is 5.12. The van der Waals surface area contributed by atoms with Gasteiger partial charge in [0.2, 0.25) is 0 Å². The number of hydrogen-bond acceptors (Lipinski definition) is 5. The van der Waals surface area contributed by atoms with Gasteiger partial charge >= 0.3 is 0 Å². The standard InChI is InChI=1S/C14H20FN3O3S/c1-14(2,17-5-7-22(21)8-6-17)10-16-13-4-3-11(18(19)20)9-12(13)15/h3-4,9,16H,5-8,10H2,1-2H3. The lowest BCUT2D eigenvalue weighted by Crippen LogP contribution is -2.53. The van der Waals surface area contributed by atoms with E-state index in [1.165, 1.54) is 12.1 Å². The Morgan fingerprint density at radius 1 is 1.41 bits per heavy atom. The Labute approximate surface area is 131 Å². The van der Waals surface area contributed by atoms with Crippen LogP contribution in [0.2, 0.25) is 0 Å². The van der Waals surface area contributed by atoms with Crippen molar-refractivity contribution in [2.45, 2.75) is 19.4 Å². The van der Waals surface area contributed by atoms with E-state index < -0.39 is 21.5 Å². The third kappa shape index (κ3) is 4.01. The third-order valence-corrected chi connectivity index (χ3v) is 5.18. The number of non-ortho nitro benzene ring substituents is 1. The summed E-state index contributed by atoms with van der Waals surface area (Å²) >= 11 is 0. The molecule has 0 amide bonds. The second-order valence-corrected chi connectivity index (χ2v) is 7.62. The van der Waals surface area contributed by atoms with Crippen molar-refractivity contribution >= 4 is 22.2 Å². The fraction of sp³-hybridized carbons (Fsp3) is 0.571. The van der Waals surface area contributed by atoms with E-state index >= 15 is 0 Å². The van der Waals surface area contributed by atoms with Crippen LogP contribution >= 0.6 is 0 Å². The van der Waals surface area contributed by atoms with Gasteiger partial charge in [0.05, 0.1) is 16.7 Å². The van der Waals surface area contributed by atoms with Gasteiger partial charge in [-0.2, -0.15) is 0 Å². The van der Waals surface area contributed by atoms with Crippen molar-refractivity contribution in [1.29, 1.82) is 0 Å². The lowest BCUT2D eigenvalue weighted by molar-refractivity contribution is -0.385. The minimum atomic E-state index is -0.732. The van der Waals surface area contributed by atoms with Crippen LogP contribution < -0.4 is 5.32 Å². The van der Waals surface area contributed by atoms with E-state index in [4.69, 9.17) is 0 Å². The summed E-state index contributed by atoms with van der Waals surface area (Å²) in [7, 11) is -0.732. The van der Waals surface area contributed by atoms with Gasteiger partial charge in [-0.15, -0.1) is 0 Å². The summed E-state index contributed by atoms with van der Waals surface area (Å²) in [4.78, 5) is 12.2. The molecule has 1 saturated heterocycles. The molecule has 1 aliphatic heterocycles. The molecular formula is C14H20FN3O3S. The van der Waals surface area contributed by atoms with E-state index in [-0.39, 0.29) is 16.9 Å². The molecule has 1 aliphatic rings. The van der Waals surface area contributed by atoms with Crippen LogP contribution in [0.1, 0.15) is 13.8 Å². The predicted octanol–water partition coefficient (Wildman–Crippen LogP) is 1.99. The van der Waals surface area contributed by atoms with Crippen LogP contribution in [-0.2, 0) is 10.8 Å². The maximum Gasteiger partial charge on any atom is 0.272 e. The quantitative estimate of drug-likeness (QED) is 0.660. The normalized spacial score (nSPS) is 17.4. The lowest BCUT2D eigenvalue weighted by Gasteiger charge is -2.41. The van der Waals surface area contributed by atoms with Crippen molar-refractivity contribution in [3.05, 3.63) is 34.1 Å². The first-order valence-electron chi connectivity index (χ1n) is 7.07. The number of rotatable bonds is 5. The monoisotopic (exact) mass is 329 g/mol. The summed E-state index contributed by atoms with van der Waals surface area (Å²) in [6.45, 7) is 6.08. The largest absolute Gasteiger partial charge is 0.381 e. The van der Waals surface area contributed by atoms with Crippen LogP contribution in [0.3, 0.4) is 0 Å². The fourth-order valence-corrected chi connectivity index (χ4v) is 3.48. The zero-order valence-corrected chi connectivity index (χ0v) is 13.5. The average Bonchev–Trinajstić information content (AvgIpc) is 2.46. The first-order chi connectivity index (χ1) is 10.3. The van der Waals surface area contributed by atoms with Gasteiger partial charge in [-0.25, -0.2) is 4.39 Å². The third-order valence-electron chi connectivity index (χ3n) is 3.91. The zero-order chi connectivity index (χ0) is 16.3. The van der Waals surface area contributed by atoms with E-state index in [0.717, 1.165) is 19.2 Å². The van der Waals surface area contributed by atoms with E-state index in [2.05, 4.69) is 10.2 Å². The van der Waals surface area contributed by atoms with E-state index in [1.807, 2.05) is 13.8 Å². The number of nitrogens with zero attached hydrogens (tertiary/aromatic N) is 2. The molecule has 1 fully saturated rings. The van der Waals surface area contributed by atoms with Crippen molar-refractivity contribution < 1.29 is 13.5 Å². The van der Waals surface area contributed by atoms with E-state index in [1.54, 1.807) is 0 Å². The highest BCUT2D eigenvalue weighted by Gasteiger charge is 2.29. The van der Waals surface area contributed by atoms with Crippen LogP contribution in [-0.4, -0.2) is 50.7 Å². The maximum atomic E-state index is 13.9. The first kappa shape index (κ1) is 16.8. The van der Waals surface area contributed by atoms with Gasteiger partial charge in [0.15, 0.2) is 5.82 Å². The van der Waals surface area contributed by atoms with Crippen molar-refractivity contribution in [3.63, 3.8) is 0 Å². The molecule has 1 heterocycles. The van der Waals surface area contributed by atoms with E-state index in [9.17, 15) is 18.7 Å². The van der Waals surface area contributed by atoms with Crippen molar-refractivity contribution in [2.75, 3.05) is 36.5 Å². The molecule has 6 nitrogen and oxygen atoms in total. The van der Waals surface area contributed by atoms with Gasteiger partial charge in [-0.1, -0.05) is 0 Å². The molecule has 0 atom stereocenters. The summed E-state index contributed by atoms with van der Waals surface area (Å²) in [5.41, 5.74) is -0.237. The fourth-order valence-electron chi connectivity index (χ4n) is 2.43. The Bertz CT molecular complexity index is 585. The highest BCUT2D eigenvalue weighted by atomic mass is 32.2. The molecule has 0 aliphatic carbocycles. The molecule has 0 unspecified atom stereocenters. The maximum absolute atomic E-state index is 13.9. The number of benzene rings is 1. The highest BCUT2D eigenvalue weighted by Crippen LogP contribution is 2.23. The number of nitrogens with one attached hydrogen (secondary N) is 1. The van der Waals surface area contributed by atoms with E-state index in [0.29, 0.717) is 18.1 Å².